The molecule has 0 radical (unpaired) electrons. The second-order valence-corrected chi connectivity index (χ2v) is 10.6. The van der Waals surface area contributed by atoms with Crippen LogP contribution in [0.3, 0.4) is 0 Å². The molecule has 1 aliphatic heterocycles. The summed E-state index contributed by atoms with van der Waals surface area (Å²) in [6.07, 6.45) is 5.76. The van der Waals surface area contributed by atoms with Gasteiger partial charge in [0.05, 0.1) is 17.9 Å². The van der Waals surface area contributed by atoms with Crippen molar-refractivity contribution in [2.45, 2.75) is 90.8 Å². The van der Waals surface area contributed by atoms with Crippen LogP contribution in [0.2, 0.25) is 0 Å². The molecule has 8 nitrogen and oxygen atoms in total. The van der Waals surface area contributed by atoms with Gasteiger partial charge in [-0.15, -0.1) is 0 Å². The fourth-order valence-corrected chi connectivity index (χ4v) is 4.62. The first-order chi connectivity index (χ1) is 18.0. The summed E-state index contributed by atoms with van der Waals surface area (Å²) in [7, 11) is 0. The zero-order chi connectivity index (χ0) is 27.8. The van der Waals surface area contributed by atoms with Gasteiger partial charge < -0.3 is 20.5 Å². The Balaban J connectivity index is 1.66. The number of amides is 3. The van der Waals surface area contributed by atoms with Crippen LogP contribution in [0, 0.1) is 17.6 Å². The van der Waals surface area contributed by atoms with Crippen LogP contribution in [0.25, 0.3) is 11.3 Å². The lowest BCUT2D eigenvalue weighted by Crippen LogP contribution is -2.48. The zero-order valence-corrected chi connectivity index (χ0v) is 22.7. The van der Waals surface area contributed by atoms with Crippen molar-refractivity contribution in [2.75, 3.05) is 6.54 Å². The lowest BCUT2D eigenvalue weighted by atomic mass is 10.0. The Kier molecular flexibility index (Phi) is 10.4. The highest BCUT2D eigenvalue weighted by atomic mass is 19.1. The van der Waals surface area contributed by atoms with E-state index in [1.165, 1.54) is 12.3 Å². The first-order valence-corrected chi connectivity index (χ1v) is 13.4. The number of rotatable bonds is 11. The van der Waals surface area contributed by atoms with Crippen molar-refractivity contribution in [3.8, 4) is 11.3 Å². The molecule has 1 fully saturated rings. The largest absolute Gasteiger partial charge is 0.345 e. The third-order valence-electron chi connectivity index (χ3n) is 6.96. The summed E-state index contributed by atoms with van der Waals surface area (Å²) in [6.45, 7) is 8.50. The molecule has 0 spiro atoms. The summed E-state index contributed by atoms with van der Waals surface area (Å²) in [5.41, 5.74) is 0.503. The van der Waals surface area contributed by atoms with E-state index in [-0.39, 0.29) is 36.3 Å². The van der Waals surface area contributed by atoms with Gasteiger partial charge in [0.25, 0.3) is 0 Å². The van der Waals surface area contributed by atoms with E-state index in [0.717, 1.165) is 31.4 Å². The molecule has 0 bridgehead atoms. The number of carbonyl (C=O) groups excluding carboxylic acids is 3. The maximum atomic E-state index is 14.2. The van der Waals surface area contributed by atoms with Crippen LogP contribution in [0.5, 0.6) is 0 Å². The third-order valence-corrected chi connectivity index (χ3v) is 6.96. The van der Waals surface area contributed by atoms with E-state index in [2.05, 4.69) is 20.6 Å². The van der Waals surface area contributed by atoms with E-state index < -0.39 is 29.6 Å². The lowest BCUT2D eigenvalue weighted by Gasteiger charge is -2.34. The molecule has 1 aliphatic rings. The van der Waals surface area contributed by atoms with Crippen molar-refractivity contribution in [3.05, 3.63) is 41.9 Å². The standard InChI is InChI=1S/C28H39F2N5O3/c1-17(2)8-12-25(36)33-23(11-13-26(37)35-14-6-5-7-18(35)3)28(38)32-19(4)27-31-16-24(34-27)21-10-9-20(29)15-22(21)30/h9-10,15-19,23H,5-8,11-14H2,1-4H3,(H,31,34)(H,32,38)(H,33,36)/t18-,19+,23+/m1/s1. The predicted molar refractivity (Wildman–Crippen MR) is 141 cm³/mol. The number of nitrogens with one attached hydrogen (secondary N) is 3. The fourth-order valence-electron chi connectivity index (χ4n) is 4.62. The van der Waals surface area contributed by atoms with Crippen molar-refractivity contribution in [3.63, 3.8) is 0 Å². The minimum atomic E-state index is -0.884. The number of nitrogens with zero attached hydrogens (tertiary/aromatic N) is 2. The number of benzene rings is 1. The van der Waals surface area contributed by atoms with Gasteiger partial charge in [-0.2, -0.15) is 0 Å². The Morgan fingerprint density at radius 3 is 2.55 bits per heavy atom. The highest BCUT2D eigenvalue weighted by molar-refractivity contribution is 5.88. The van der Waals surface area contributed by atoms with Crippen LogP contribution in [-0.2, 0) is 14.4 Å². The molecule has 3 atom stereocenters. The monoisotopic (exact) mass is 531 g/mol. The number of piperidine rings is 1. The summed E-state index contributed by atoms with van der Waals surface area (Å²) in [5, 5.41) is 5.65. The maximum absolute atomic E-state index is 14.2. The molecule has 3 amide bonds. The van der Waals surface area contributed by atoms with Crippen molar-refractivity contribution < 1.29 is 23.2 Å². The molecule has 1 saturated heterocycles. The van der Waals surface area contributed by atoms with Gasteiger partial charge >= 0.3 is 0 Å². The SMILES string of the molecule is CC(C)CCC(=O)N[C@@H](CCC(=O)N1CCCC[C@H]1C)C(=O)N[C@@H](C)c1ncc(-c2ccc(F)cc2F)[nH]1. The summed E-state index contributed by atoms with van der Waals surface area (Å²) in [6, 6.07) is 1.96. The van der Waals surface area contributed by atoms with Gasteiger partial charge in [0.2, 0.25) is 17.7 Å². The van der Waals surface area contributed by atoms with E-state index in [4.69, 9.17) is 0 Å². The zero-order valence-electron chi connectivity index (χ0n) is 22.7. The molecule has 3 N–H and O–H groups in total. The van der Waals surface area contributed by atoms with Crippen LogP contribution in [0.4, 0.5) is 8.78 Å². The van der Waals surface area contributed by atoms with Gasteiger partial charge in [-0.3, -0.25) is 14.4 Å². The summed E-state index contributed by atoms with van der Waals surface area (Å²) < 4.78 is 27.4. The smallest absolute Gasteiger partial charge is 0.243 e. The number of halogens is 2. The molecule has 3 rings (SSSR count). The second-order valence-electron chi connectivity index (χ2n) is 10.6. The Morgan fingerprint density at radius 1 is 1.11 bits per heavy atom. The van der Waals surface area contributed by atoms with Gasteiger partial charge in [-0.25, -0.2) is 13.8 Å². The number of aromatic nitrogens is 2. The van der Waals surface area contributed by atoms with E-state index in [1.54, 1.807) is 6.92 Å². The lowest BCUT2D eigenvalue weighted by molar-refractivity contribution is -0.135. The van der Waals surface area contributed by atoms with Crippen LogP contribution < -0.4 is 10.6 Å². The molecule has 1 aromatic carbocycles. The Hall–Kier alpha value is -3.30. The number of imidazole rings is 1. The molecular formula is C28H39F2N5O3. The predicted octanol–water partition coefficient (Wildman–Crippen LogP) is 4.63. The van der Waals surface area contributed by atoms with Crippen molar-refractivity contribution in [1.29, 1.82) is 0 Å². The first kappa shape index (κ1) is 29.3. The Labute approximate surface area is 223 Å². The van der Waals surface area contributed by atoms with E-state index in [1.807, 2.05) is 25.7 Å². The molecule has 0 aliphatic carbocycles. The van der Waals surface area contributed by atoms with Gasteiger partial charge in [0, 0.05) is 37.1 Å². The van der Waals surface area contributed by atoms with E-state index in [0.29, 0.717) is 36.8 Å². The number of carbonyl (C=O) groups is 3. The summed E-state index contributed by atoms with van der Waals surface area (Å²) >= 11 is 0. The van der Waals surface area contributed by atoms with Crippen molar-refractivity contribution in [1.82, 2.24) is 25.5 Å². The highest BCUT2D eigenvalue weighted by Crippen LogP contribution is 2.23. The topological polar surface area (TPSA) is 107 Å². The van der Waals surface area contributed by atoms with Gasteiger partial charge in [0.15, 0.2) is 0 Å². The van der Waals surface area contributed by atoms with E-state index in [9.17, 15) is 23.2 Å². The molecule has 38 heavy (non-hydrogen) atoms. The number of hydrogen-bond donors (Lipinski definition) is 3. The van der Waals surface area contributed by atoms with Gasteiger partial charge in [-0.1, -0.05) is 13.8 Å². The average Bonchev–Trinajstić information content (AvgIpc) is 3.35. The van der Waals surface area contributed by atoms with E-state index >= 15 is 0 Å². The molecule has 1 aromatic heterocycles. The summed E-state index contributed by atoms with van der Waals surface area (Å²) in [4.78, 5) is 47.7. The molecular weight excluding hydrogens is 492 g/mol. The molecule has 2 heterocycles. The van der Waals surface area contributed by atoms with Crippen LogP contribution in [0.1, 0.15) is 84.5 Å². The molecule has 10 heteroatoms. The maximum Gasteiger partial charge on any atom is 0.243 e. The van der Waals surface area contributed by atoms with Gasteiger partial charge in [0.1, 0.15) is 23.5 Å². The minimum Gasteiger partial charge on any atom is -0.345 e. The Bertz CT molecular complexity index is 1120. The average molecular weight is 532 g/mol. The van der Waals surface area contributed by atoms with Crippen LogP contribution in [0.15, 0.2) is 24.4 Å². The third kappa shape index (κ3) is 8.10. The van der Waals surface area contributed by atoms with Crippen LogP contribution >= 0.6 is 0 Å². The number of hydrogen-bond acceptors (Lipinski definition) is 4. The molecule has 208 valence electrons. The van der Waals surface area contributed by atoms with Crippen molar-refractivity contribution >= 4 is 17.7 Å². The second kappa shape index (κ2) is 13.5. The van der Waals surface area contributed by atoms with Crippen molar-refractivity contribution in [2.24, 2.45) is 5.92 Å². The summed E-state index contributed by atoms with van der Waals surface area (Å²) in [5.74, 6) is -1.38. The number of H-pyrrole nitrogens is 1. The number of aromatic amines is 1. The Morgan fingerprint density at radius 2 is 1.87 bits per heavy atom. The highest BCUT2D eigenvalue weighted by Gasteiger charge is 2.28. The van der Waals surface area contributed by atoms with Gasteiger partial charge in [-0.05, 0) is 64.0 Å². The van der Waals surface area contributed by atoms with Crippen LogP contribution in [-0.4, -0.2) is 51.2 Å². The molecule has 0 saturated carbocycles. The minimum absolute atomic E-state index is 0.0171. The quantitative estimate of drug-likeness (QED) is 0.393. The fraction of sp³-hybridized carbons (Fsp3) is 0.571. The number of likely N-dealkylation sites (tertiary alicyclic amines) is 1. The first-order valence-electron chi connectivity index (χ1n) is 13.4. The normalized spacial score (nSPS) is 17.2. The molecule has 2 aromatic rings. The molecule has 0 unspecified atom stereocenters.